The summed E-state index contributed by atoms with van der Waals surface area (Å²) in [6.45, 7) is 54.9. The van der Waals surface area contributed by atoms with Crippen molar-refractivity contribution in [2.24, 2.45) is 5.92 Å². The van der Waals surface area contributed by atoms with E-state index in [2.05, 4.69) is 188 Å². The molecule has 0 bridgehead atoms. The van der Waals surface area contributed by atoms with Gasteiger partial charge < -0.3 is 14.9 Å². The van der Waals surface area contributed by atoms with Crippen LogP contribution in [0.3, 0.4) is 0 Å². The number of hydrogen-bond donors (Lipinski definition) is 9. The Hall–Kier alpha value is -12.0. The zero-order valence-corrected chi connectivity index (χ0v) is 85.7. The van der Waals surface area contributed by atoms with Gasteiger partial charge >= 0.3 is 34.2 Å². The molecule has 0 aliphatic rings. The van der Waals surface area contributed by atoms with Crippen molar-refractivity contribution in [2.75, 3.05) is 19.5 Å². The van der Waals surface area contributed by atoms with Crippen molar-refractivity contribution in [1.82, 2.24) is 119 Å². The molecule has 0 spiro atoms. The van der Waals surface area contributed by atoms with Gasteiger partial charge in [-0.3, -0.25) is 28.5 Å². The molecular formula is C96H133Cl4N25O8S. The van der Waals surface area contributed by atoms with Gasteiger partial charge in [0.1, 0.15) is 29.1 Å². The number of nitrogen functional groups attached to an aromatic ring is 1. The number of nitrogens with zero attached hydrogens (tertiary/aromatic N) is 16. The third-order valence-electron chi connectivity index (χ3n) is 19.8. The summed E-state index contributed by atoms with van der Waals surface area (Å²) in [5.41, 5.74) is 16.0. The average Bonchev–Trinajstić information content (AvgIpc) is 1.56. The predicted molar refractivity (Wildman–Crippen MR) is 541 cm³/mol. The molecule has 724 valence electrons. The SMILES string of the molecule is CC(C)Cn1c(C(C)C)n[nH]c1=O.CC(C)c1[nH]ncc1-c1ccccc1Cl.CC(C)c1[nH]ncc1-c1ccccc1Cl.CC(C)c1n[nH]c(=O)n1-c1ccccc1Cl.CC(C)c1n[nH]c(=O)n1C(C)C.CC(C)c1n[nH]c(=O)o1.CC(C)c1nc(N)ncc1-c1ccccc1Cl.CC(C)c1nc2ccccc2s1.CCn1c(C(C)C)n[nH]c1=O.COCC(C)n1c(C(C)C)n[nH]c1=O. The number of hydrogen-bond acceptors (Lipinski definition) is 21. The molecule has 1 atom stereocenters. The summed E-state index contributed by atoms with van der Waals surface area (Å²) in [6, 6.07) is 39.0. The number of benzene rings is 5. The number of thiazole rings is 1. The highest BCUT2D eigenvalue weighted by Gasteiger charge is 2.22. The average molecular weight is 1940 g/mol. The fraction of sp³-hybridized carbons (Fsp3) is 0.448. The predicted octanol–water partition coefficient (Wildman–Crippen LogP) is 21.7. The largest absolute Gasteiger partial charge is 0.434 e. The van der Waals surface area contributed by atoms with Crippen LogP contribution in [0.4, 0.5) is 5.95 Å². The van der Waals surface area contributed by atoms with Gasteiger partial charge in [0.25, 0.3) is 0 Å². The summed E-state index contributed by atoms with van der Waals surface area (Å²) in [4.78, 5) is 79.9. The van der Waals surface area contributed by atoms with Gasteiger partial charge in [-0.2, -0.15) is 35.7 Å². The zero-order valence-electron chi connectivity index (χ0n) is 81.8. The normalized spacial score (nSPS) is 11.3. The first kappa shape index (κ1) is 111. The quantitative estimate of drug-likeness (QED) is 0.0323. The van der Waals surface area contributed by atoms with Crippen LogP contribution in [0.2, 0.25) is 20.1 Å². The minimum absolute atomic E-state index is 0.0173. The summed E-state index contributed by atoms with van der Waals surface area (Å²) in [7, 11) is 1.62. The van der Waals surface area contributed by atoms with E-state index in [9.17, 15) is 28.8 Å². The Bertz CT molecular complexity index is 6310. The lowest BCUT2D eigenvalue weighted by Crippen LogP contribution is -2.25. The van der Waals surface area contributed by atoms with E-state index >= 15 is 0 Å². The van der Waals surface area contributed by atoms with E-state index in [-0.39, 0.29) is 76.0 Å². The van der Waals surface area contributed by atoms with Crippen LogP contribution >= 0.6 is 57.7 Å². The summed E-state index contributed by atoms with van der Waals surface area (Å²) >= 11 is 26.3. The molecule has 5 aromatic carbocycles. The van der Waals surface area contributed by atoms with Crippen molar-refractivity contribution in [3.63, 3.8) is 0 Å². The fourth-order valence-electron chi connectivity index (χ4n) is 13.3. The van der Waals surface area contributed by atoms with E-state index < -0.39 is 5.76 Å². The molecule has 15 rings (SSSR count). The van der Waals surface area contributed by atoms with Gasteiger partial charge in [-0.15, -0.1) is 16.4 Å². The van der Waals surface area contributed by atoms with Gasteiger partial charge in [-0.05, 0) is 93.8 Å². The van der Waals surface area contributed by atoms with Crippen molar-refractivity contribution in [2.45, 2.75) is 264 Å². The van der Waals surface area contributed by atoms with Gasteiger partial charge in [-0.25, -0.2) is 78.9 Å². The van der Waals surface area contributed by atoms with Crippen LogP contribution in [-0.2, 0) is 17.8 Å². The maximum atomic E-state index is 11.7. The molecule has 134 heavy (non-hydrogen) atoms. The van der Waals surface area contributed by atoms with Crippen molar-refractivity contribution in [3.8, 4) is 39.1 Å². The second kappa shape index (κ2) is 53.8. The third kappa shape index (κ3) is 31.9. The van der Waals surface area contributed by atoms with Gasteiger partial charge in [0, 0.05) is 134 Å². The Morgan fingerprint density at radius 2 is 0.821 bits per heavy atom. The van der Waals surface area contributed by atoms with E-state index in [4.69, 9.17) is 56.9 Å². The Morgan fingerprint density at radius 3 is 1.22 bits per heavy atom. The third-order valence-corrected chi connectivity index (χ3v) is 22.4. The van der Waals surface area contributed by atoms with Crippen molar-refractivity contribution in [3.05, 3.63) is 280 Å². The maximum Gasteiger partial charge on any atom is 0.434 e. The highest BCUT2D eigenvalue weighted by Crippen LogP contribution is 2.36. The topological polar surface area (TPSA) is 444 Å². The van der Waals surface area contributed by atoms with Crippen LogP contribution in [0.1, 0.15) is 308 Å². The molecule has 10 heterocycles. The number of para-hydroxylation sites is 2. The van der Waals surface area contributed by atoms with Crippen LogP contribution < -0.4 is 39.9 Å². The first-order valence-electron chi connectivity index (χ1n) is 44.8. The number of nitrogens with one attached hydrogen (secondary N) is 8. The second-order valence-corrected chi connectivity index (χ2v) is 37.7. The molecule has 0 saturated heterocycles. The standard InChI is InChI=1S/C13H14ClN3.2C12H13ClN2.C11H12ClN3O.C10H11NS.C9H17N3O2.C9H17N3O.C8H15N3O.C7H13N3O.C5H8N2O2/c1-8(2)12-10(7-16-13(15)17-12)9-5-3-4-6-11(9)14;2*1-8(2)12-10(7-14-15-12)9-5-3-4-6-11(9)13;1-7(2)10-13-14-11(16)15(10)9-6-4-3-5-8(9)12;1-7(2)10-11-8-5-3-4-6-9(8)12-10;1-6(2)8-10-11-9(13)12(8)7(3)5-14-4;1-6(2)5-12-8(7(3)4)10-11-9(12)13;1-5(2)7-9-10-8(12)11(7)6(3)4;1-4-10-6(5(2)3)8-9-7(10)11;1-3(2)4-6-7-5(8)9-4/h3-8H,1-2H3,(H2,15,16,17);2*3-8H,1-2H3,(H,14,15);3-7H,1-2H3,(H,14,16);3-7H,1-2H3;6-7H,5H2,1-4H3,(H,11,13);6-7H,5H2,1-4H3,(H,11,13);5-6H,1-4H3,(H,10,12);5H,4H2,1-3H3,(H,9,11);3H,1-2H3,(H,7,8). The molecule has 0 amide bonds. The molecule has 0 fully saturated rings. The Balaban J connectivity index is 0.000000230. The molecule has 38 heteroatoms. The molecule has 0 saturated carbocycles. The molecule has 10 aromatic heterocycles. The van der Waals surface area contributed by atoms with Gasteiger partial charge in [0.15, 0.2) is 0 Å². The lowest BCUT2D eigenvalue weighted by Gasteiger charge is -2.14. The number of aromatic amines is 8. The number of halogens is 4. The van der Waals surface area contributed by atoms with Crippen LogP contribution in [-0.4, -0.2) is 133 Å². The fourth-order valence-corrected chi connectivity index (χ4v) is 15.2. The van der Waals surface area contributed by atoms with Crippen LogP contribution in [0.15, 0.2) is 173 Å². The first-order valence-corrected chi connectivity index (χ1v) is 47.1. The number of aromatic nitrogens is 24. The monoisotopic (exact) mass is 1940 g/mol. The second-order valence-electron chi connectivity index (χ2n) is 35.0. The maximum absolute atomic E-state index is 11.7. The number of fused-ring (bicyclic) bond motifs is 1. The van der Waals surface area contributed by atoms with Gasteiger partial charge in [0.05, 0.1) is 56.7 Å². The lowest BCUT2D eigenvalue weighted by molar-refractivity contribution is 0.159. The lowest BCUT2D eigenvalue weighted by atomic mass is 9.99. The Labute approximate surface area is 806 Å². The number of nitrogens with two attached hydrogens (primary N) is 1. The highest BCUT2D eigenvalue weighted by molar-refractivity contribution is 7.18. The Morgan fingerprint density at radius 1 is 0.403 bits per heavy atom. The molecule has 0 aliphatic heterocycles. The van der Waals surface area contributed by atoms with E-state index in [1.54, 1.807) is 55.0 Å². The molecule has 10 N–H and O–H groups in total. The van der Waals surface area contributed by atoms with Crippen LogP contribution in [0.25, 0.3) is 49.3 Å². The number of ether oxygens (including phenoxy) is 1. The number of rotatable bonds is 21. The van der Waals surface area contributed by atoms with Crippen molar-refractivity contribution < 1.29 is 9.15 Å². The van der Waals surface area contributed by atoms with E-state index in [1.807, 2.05) is 214 Å². The summed E-state index contributed by atoms with van der Waals surface area (Å²) in [5.74, 6) is 7.76. The molecule has 15 aromatic rings. The number of anilines is 1. The van der Waals surface area contributed by atoms with E-state index in [0.29, 0.717) is 76.1 Å². The van der Waals surface area contributed by atoms with Crippen molar-refractivity contribution >= 4 is 73.9 Å². The van der Waals surface area contributed by atoms with Crippen molar-refractivity contribution in [1.29, 1.82) is 0 Å². The zero-order chi connectivity index (χ0) is 99.7. The molecular weight excluding hydrogens is 1810 g/mol. The van der Waals surface area contributed by atoms with E-state index in [0.717, 1.165) is 95.9 Å². The summed E-state index contributed by atoms with van der Waals surface area (Å²) in [6.07, 6.45) is 5.39. The molecule has 33 nitrogen and oxygen atoms in total. The summed E-state index contributed by atoms with van der Waals surface area (Å²) in [5, 5.41) is 56.1. The van der Waals surface area contributed by atoms with Gasteiger partial charge in [0.2, 0.25) is 11.8 Å². The smallest absolute Gasteiger partial charge is 0.392 e. The highest BCUT2D eigenvalue weighted by atomic mass is 35.5. The Kier molecular flexibility index (Phi) is 44.5. The first-order chi connectivity index (χ1) is 63.4. The van der Waals surface area contributed by atoms with Crippen LogP contribution in [0, 0.1) is 5.92 Å². The molecule has 1 unspecified atom stereocenters. The van der Waals surface area contributed by atoms with Crippen LogP contribution in [0.5, 0.6) is 0 Å². The van der Waals surface area contributed by atoms with E-state index in [1.165, 1.54) is 14.3 Å². The number of H-pyrrole nitrogens is 8. The summed E-state index contributed by atoms with van der Waals surface area (Å²) < 4.78 is 19.1. The van der Waals surface area contributed by atoms with Gasteiger partial charge in [-0.1, -0.05) is 278 Å². The molecule has 0 radical (unpaired) electrons. The minimum atomic E-state index is -0.487. The molecule has 0 aliphatic carbocycles. The number of methoxy groups -OCH3 is 1. The minimum Gasteiger partial charge on any atom is -0.392 e.